The molecule has 0 aliphatic carbocycles. The van der Waals surface area contributed by atoms with Crippen LogP contribution in [-0.4, -0.2) is 23.6 Å². The first kappa shape index (κ1) is 13.0. The molecule has 3 rings (SSSR count). The Hall–Kier alpha value is -3.02. The minimum Gasteiger partial charge on any atom is -0.289 e. The highest BCUT2D eigenvalue weighted by molar-refractivity contribution is 6.36. The van der Waals surface area contributed by atoms with E-state index in [4.69, 9.17) is 0 Å². The fourth-order valence-electron chi connectivity index (χ4n) is 2.32. The fraction of sp³-hybridized carbons (Fsp3) is 0.0667. The molecule has 0 unspecified atom stereocenters. The summed E-state index contributed by atoms with van der Waals surface area (Å²) in [5, 5.41) is 2.14. The standard InChI is InChI=1S/C15H10N2O4/c1-8-6-13(19)17(15(8)21)11-5-3-2-4-9(11)10-7-12(18)16-14(10)20/h2-7H,1H3,(H,16,18,20). The summed E-state index contributed by atoms with van der Waals surface area (Å²) in [6.07, 6.45) is 2.40. The van der Waals surface area contributed by atoms with Crippen molar-refractivity contribution in [2.24, 2.45) is 0 Å². The molecule has 1 aromatic rings. The van der Waals surface area contributed by atoms with Crippen LogP contribution in [0, 0.1) is 0 Å². The van der Waals surface area contributed by atoms with Crippen molar-refractivity contribution in [3.8, 4) is 0 Å². The lowest BCUT2D eigenvalue weighted by Gasteiger charge is -2.18. The molecule has 0 spiro atoms. The Morgan fingerprint density at radius 3 is 2.29 bits per heavy atom. The van der Waals surface area contributed by atoms with E-state index in [0.717, 1.165) is 11.0 Å². The molecule has 0 saturated carbocycles. The molecule has 4 amide bonds. The smallest absolute Gasteiger partial charge is 0.261 e. The Morgan fingerprint density at radius 2 is 1.71 bits per heavy atom. The molecule has 0 saturated heterocycles. The normalized spacial score (nSPS) is 18.0. The molecule has 1 N–H and O–H groups in total. The van der Waals surface area contributed by atoms with Crippen LogP contribution in [0.2, 0.25) is 0 Å². The van der Waals surface area contributed by atoms with Crippen molar-refractivity contribution < 1.29 is 19.2 Å². The van der Waals surface area contributed by atoms with E-state index in [0.29, 0.717) is 11.1 Å². The zero-order valence-electron chi connectivity index (χ0n) is 11.0. The topological polar surface area (TPSA) is 83.6 Å². The van der Waals surface area contributed by atoms with Gasteiger partial charge in [0.2, 0.25) is 0 Å². The molecule has 21 heavy (non-hydrogen) atoms. The average Bonchev–Trinajstić information content (AvgIpc) is 2.89. The van der Waals surface area contributed by atoms with Crippen molar-refractivity contribution in [3.05, 3.63) is 47.6 Å². The van der Waals surface area contributed by atoms with Gasteiger partial charge in [-0.1, -0.05) is 18.2 Å². The summed E-state index contributed by atoms with van der Waals surface area (Å²) < 4.78 is 0. The van der Waals surface area contributed by atoms with Crippen molar-refractivity contribution in [2.75, 3.05) is 4.90 Å². The van der Waals surface area contributed by atoms with Crippen LogP contribution in [0.1, 0.15) is 12.5 Å². The number of hydrogen-bond donors (Lipinski definition) is 1. The van der Waals surface area contributed by atoms with Crippen LogP contribution in [0.25, 0.3) is 5.57 Å². The Morgan fingerprint density at radius 1 is 1.00 bits per heavy atom. The van der Waals surface area contributed by atoms with Gasteiger partial charge in [-0.15, -0.1) is 0 Å². The van der Waals surface area contributed by atoms with E-state index in [-0.39, 0.29) is 11.3 Å². The van der Waals surface area contributed by atoms with Crippen LogP contribution in [0.4, 0.5) is 5.69 Å². The number of benzene rings is 1. The quantitative estimate of drug-likeness (QED) is 0.803. The lowest BCUT2D eigenvalue weighted by atomic mass is 10.0. The number of nitrogens with zero attached hydrogens (tertiary/aromatic N) is 1. The Labute approximate surface area is 119 Å². The molecule has 0 bridgehead atoms. The maximum Gasteiger partial charge on any atom is 0.261 e. The van der Waals surface area contributed by atoms with Gasteiger partial charge in [0.15, 0.2) is 0 Å². The second-order valence-corrected chi connectivity index (χ2v) is 4.70. The SMILES string of the molecule is CC1=CC(=O)N(c2ccccc2C2=CC(=O)NC2=O)C1=O. The predicted molar refractivity (Wildman–Crippen MR) is 73.8 cm³/mol. The van der Waals surface area contributed by atoms with Crippen molar-refractivity contribution in [2.45, 2.75) is 6.92 Å². The molecule has 0 aromatic heterocycles. The van der Waals surface area contributed by atoms with Gasteiger partial charge in [-0.3, -0.25) is 24.5 Å². The summed E-state index contributed by atoms with van der Waals surface area (Å²) in [6.45, 7) is 1.55. The monoisotopic (exact) mass is 282 g/mol. The van der Waals surface area contributed by atoms with Gasteiger partial charge >= 0.3 is 0 Å². The highest BCUT2D eigenvalue weighted by Gasteiger charge is 2.33. The number of nitrogens with one attached hydrogen (secondary N) is 1. The molecule has 0 fully saturated rings. The van der Waals surface area contributed by atoms with Gasteiger partial charge in [0, 0.05) is 23.3 Å². The van der Waals surface area contributed by atoms with E-state index in [1.807, 2.05) is 0 Å². The van der Waals surface area contributed by atoms with Crippen LogP contribution >= 0.6 is 0 Å². The summed E-state index contributed by atoms with van der Waals surface area (Å²) in [7, 11) is 0. The molecule has 0 atom stereocenters. The Kier molecular flexibility index (Phi) is 2.79. The van der Waals surface area contributed by atoms with Crippen LogP contribution in [0.15, 0.2) is 42.0 Å². The maximum absolute atomic E-state index is 12.1. The second-order valence-electron chi connectivity index (χ2n) is 4.70. The van der Waals surface area contributed by atoms with E-state index < -0.39 is 23.6 Å². The van der Waals surface area contributed by atoms with Gasteiger partial charge in [-0.05, 0) is 13.0 Å². The molecule has 2 aliphatic heterocycles. The first-order valence-corrected chi connectivity index (χ1v) is 6.22. The van der Waals surface area contributed by atoms with Gasteiger partial charge < -0.3 is 0 Å². The third-order valence-corrected chi connectivity index (χ3v) is 3.29. The summed E-state index contributed by atoms with van der Waals surface area (Å²) in [5.74, 6) is -1.96. The number of para-hydroxylation sites is 1. The average molecular weight is 282 g/mol. The fourth-order valence-corrected chi connectivity index (χ4v) is 2.32. The van der Waals surface area contributed by atoms with Gasteiger partial charge in [0.1, 0.15) is 0 Å². The molecular formula is C15H10N2O4. The van der Waals surface area contributed by atoms with E-state index >= 15 is 0 Å². The first-order valence-electron chi connectivity index (χ1n) is 6.22. The molecule has 1 aromatic carbocycles. The van der Waals surface area contributed by atoms with Crippen LogP contribution in [-0.2, 0) is 19.2 Å². The molecule has 6 nitrogen and oxygen atoms in total. The number of hydrogen-bond acceptors (Lipinski definition) is 4. The third kappa shape index (κ3) is 1.97. The highest BCUT2D eigenvalue weighted by Crippen LogP contribution is 2.31. The highest BCUT2D eigenvalue weighted by atomic mass is 16.2. The molecule has 104 valence electrons. The van der Waals surface area contributed by atoms with Gasteiger partial charge in [0.05, 0.1) is 11.3 Å². The third-order valence-electron chi connectivity index (χ3n) is 3.29. The van der Waals surface area contributed by atoms with Crippen molar-refractivity contribution >= 4 is 34.9 Å². The van der Waals surface area contributed by atoms with Gasteiger partial charge in [-0.25, -0.2) is 4.90 Å². The number of amides is 4. The van der Waals surface area contributed by atoms with Crippen LogP contribution < -0.4 is 10.2 Å². The van der Waals surface area contributed by atoms with Crippen LogP contribution in [0.3, 0.4) is 0 Å². The van der Waals surface area contributed by atoms with Crippen molar-refractivity contribution in [3.63, 3.8) is 0 Å². The van der Waals surface area contributed by atoms with Gasteiger partial charge in [0.25, 0.3) is 23.6 Å². The number of carbonyl (C=O) groups is 4. The summed E-state index contributed by atoms with van der Waals surface area (Å²) in [5.41, 5.74) is 1.12. The summed E-state index contributed by atoms with van der Waals surface area (Å²) in [4.78, 5) is 48.1. The summed E-state index contributed by atoms with van der Waals surface area (Å²) >= 11 is 0. The van der Waals surface area contributed by atoms with Crippen molar-refractivity contribution in [1.82, 2.24) is 5.32 Å². The lowest BCUT2D eigenvalue weighted by molar-refractivity contribution is -0.124. The number of imide groups is 2. The molecule has 0 radical (unpaired) electrons. The molecule has 6 heteroatoms. The van der Waals surface area contributed by atoms with Crippen LogP contribution in [0.5, 0.6) is 0 Å². The Bertz CT molecular complexity index is 774. The largest absolute Gasteiger partial charge is 0.289 e. The minimum absolute atomic E-state index is 0.140. The first-order chi connectivity index (χ1) is 9.99. The number of anilines is 1. The van der Waals surface area contributed by atoms with E-state index in [2.05, 4.69) is 5.32 Å². The molecular weight excluding hydrogens is 272 g/mol. The van der Waals surface area contributed by atoms with E-state index in [1.165, 1.54) is 6.08 Å². The van der Waals surface area contributed by atoms with E-state index in [9.17, 15) is 19.2 Å². The van der Waals surface area contributed by atoms with Crippen molar-refractivity contribution in [1.29, 1.82) is 0 Å². The summed E-state index contributed by atoms with van der Waals surface area (Å²) in [6, 6.07) is 6.48. The van der Waals surface area contributed by atoms with E-state index in [1.54, 1.807) is 31.2 Å². The zero-order chi connectivity index (χ0) is 15.1. The minimum atomic E-state index is -0.545. The lowest BCUT2D eigenvalue weighted by Crippen LogP contribution is -2.31. The maximum atomic E-state index is 12.1. The Balaban J connectivity index is 2.12. The zero-order valence-corrected chi connectivity index (χ0v) is 11.0. The number of carbonyl (C=O) groups excluding carboxylic acids is 4. The second kappa shape index (κ2) is 4.52. The molecule has 2 heterocycles. The predicted octanol–water partition coefficient (Wildman–Crippen LogP) is 0.546. The molecule has 2 aliphatic rings. The van der Waals surface area contributed by atoms with Gasteiger partial charge in [-0.2, -0.15) is 0 Å². The number of rotatable bonds is 2.